The Labute approximate surface area is 112 Å². The van der Waals surface area contributed by atoms with Crippen molar-refractivity contribution in [2.45, 2.75) is 44.7 Å². The highest BCUT2D eigenvalue weighted by molar-refractivity contribution is 7.91. The zero-order chi connectivity index (χ0) is 13.5. The molecule has 1 unspecified atom stereocenters. The van der Waals surface area contributed by atoms with E-state index in [0.29, 0.717) is 19.0 Å². The molecular formula is C11H19N5O2S. The highest BCUT2D eigenvalue weighted by Gasteiger charge is 2.31. The van der Waals surface area contributed by atoms with E-state index in [0.717, 1.165) is 18.8 Å². The van der Waals surface area contributed by atoms with E-state index >= 15 is 0 Å². The SMILES string of the molecule is CC1CCS(=O)(=O)CCN1c1nnnn1C1CCC1. The molecule has 0 spiro atoms. The highest BCUT2D eigenvalue weighted by atomic mass is 32.2. The van der Waals surface area contributed by atoms with Crippen LogP contribution in [0.15, 0.2) is 0 Å². The molecule has 3 rings (SSSR count). The number of aromatic nitrogens is 4. The molecule has 1 aromatic rings. The second-order valence-corrected chi connectivity index (χ2v) is 7.79. The molecule has 1 saturated carbocycles. The number of sulfone groups is 1. The molecule has 8 heteroatoms. The van der Waals surface area contributed by atoms with Crippen molar-refractivity contribution < 1.29 is 8.42 Å². The van der Waals surface area contributed by atoms with Crippen molar-refractivity contribution in [1.29, 1.82) is 0 Å². The average molecular weight is 285 g/mol. The Bertz CT molecular complexity index is 551. The molecule has 1 aromatic heterocycles. The van der Waals surface area contributed by atoms with E-state index in [1.165, 1.54) is 6.42 Å². The summed E-state index contributed by atoms with van der Waals surface area (Å²) in [7, 11) is -2.92. The van der Waals surface area contributed by atoms with Crippen LogP contribution >= 0.6 is 0 Å². The first kappa shape index (κ1) is 12.8. The van der Waals surface area contributed by atoms with Crippen molar-refractivity contribution in [2.75, 3.05) is 23.0 Å². The molecule has 0 bridgehead atoms. The number of tetrazole rings is 1. The van der Waals surface area contributed by atoms with Crippen LogP contribution in [-0.4, -0.2) is 52.7 Å². The van der Waals surface area contributed by atoms with Crippen molar-refractivity contribution in [3.05, 3.63) is 0 Å². The van der Waals surface area contributed by atoms with E-state index in [2.05, 4.69) is 15.5 Å². The van der Waals surface area contributed by atoms with Gasteiger partial charge in [-0.3, -0.25) is 0 Å². The minimum atomic E-state index is -2.92. The largest absolute Gasteiger partial charge is 0.336 e. The van der Waals surface area contributed by atoms with Crippen LogP contribution in [0.5, 0.6) is 0 Å². The lowest BCUT2D eigenvalue weighted by molar-refractivity contribution is 0.284. The molecule has 7 nitrogen and oxygen atoms in total. The van der Waals surface area contributed by atoms with Gasteiger partial charge in [-0.15, -0.1) is 0 Å². The lowest BCUT2D eigenvalue weighted by atomic mass is 9.93. The molecule has 1 atom stereocenters. The standard InChI is InChI=1S/C11H19N5O2S/c1-9-5-7-19(17,18)8-6-15(9)11-12-13-14-16(11)10-3-2-4-10/h9-10H,2-8H2,1H3. The van der Waals surface area contributed by atoms with Crippen LogP contribution < -0.4 is 4.90 Å². The Kier molecular flexibility index (Phi) is 3.20. The van der Waals surface area contributed by atoms with Gasteiger partial charge in [0.2, 0.25) is 5.95 Å². The third-order valence-electron chi connectivity index (χ3n) is 4.17. The topological polar surface area (TPSA) is 81.0 Å². The van der Waals surface area contributed by atoms with Crippen LogP contribution in [-0.2, 0) is 9.84 Å². The van der Waals surface area contributed by atoms with Gasteiger partial charge in [0, 0.05) is 12.6 Å². The van der Waals surface area contributed by atoms with E-state index in [1.807, 2.05) is 16.5 Å². The molecule has 0 N–H and O–H groups in total. The number of nitrogens with zero attached hydrogens (tertiary/aromatic N) is 5. The smallest absolute Gasteiger partial charge is 0.246 e. The highest BCUT2D eigenvalue weighted by Crippen LogP contribution is 2.33. The monoisotopic (exact) mass is 285 g/mol. The molecule has 2 fully saturated rings. The molecule has 2 aliphatic rings. The van der Waals surface area contributed by atoms with Gasteiger partial charge in [0.25, 0.3) is 0 Å². The summed E-state index contributed by atoms with van der Waals surface area (Å²) in [6.07, 6.45) is 4.07. The van der Waals surface area contributed by atoms with Crippen molar-refractivity contribution in [1.82, 2.24) is 20.2 Å². The van der Waals surface area contributed by atoms with Gasteiger partial charge >= 0.3 is 0 Å². The summed E-state index contributed by atoms with van der Waals surface area (Å²) in [6, 6.07) is 0.541. The third kappa shape index (κ3) is 2.45. The van der Waals surface area contributed by atoms with Crippen LogP contribution in [0.25, 0.3) is 0 Å². The predicted octanol–water partition coefficient (Wildman–Crippen LogP) is 0.411. The third-order valence-corrected chi connectivity index (χ3v) is 5.84. The van der Waals surface area contributed by atoms with Crippen LogP contribution in [0.1, 0.15) is 38.6 Å². The number of hydrogen-bond donors (Lipinski definition) is 0. The molecule has 0 aromatic carbocycles. The quantitative estimate of drug-likeness (QED) is 0.783. The van der Waals surface area contributed by atoms with Gasteiger partial charge in [0.15, 0.2) is 9.84 Å². The molecule has 106 valence electrons. The van der Waals surface area contributed by atoms with Crippen molar-refractivity contribution >= 4 is 15.8 Å². The van der Waals surface area contributed by atoms with Crippen LogP contribution in [0, 0.1) is 0 Å². The summed E-state index contributed by atoms with van der Waals surface area (Å²) in [5.74, 6) is 1.18. The molecule has 0 radical (unpaired) electrons. The summed E-state index contributed by atoms with van der Waals surface area (Å²) in [5, 5.41) is 12.0. The Balaban J connectivity index is 1.86. The maximum Gasteiger partial charge on any atom is 0.246 e. The van der Waals surface area contributed by atoms with E-state index < -0.39 is 9.84 Å². The maximum atomic E-state index is 11.7. The van der Waals surface area contributed by atoms with Crippen molar-refractivity contribution in [3.8, 4) is 0 Å². The first-order valence-electron chi connectivity index (χ1n) is 6.82. The first-order valence-corrected chi connectivity index (χ1v) is 8.64. The molecule has 19 heavy (non-hydrogen) atoms. The van der Waals surface area contributed by atoms with Crippen molar-refractivity contribution in [2.24, 2.45) is 0 Å². The van der Waals surface area contributed by atoms with E-state index in [1.54, 1.807) is 0 Å². The minimum absolute atomic E-state index is 0.155. The zero-order valence-electron chi connectivity index (χ0n) is 11.1. The number of anilines is 1. The molecule has 0 amide bonds. The summed E-state index contributed by atoms with van der Waals surface area (Å²) in [6.45, 7) is 2.53. The molecule has 1 saturated heterocycles. The lowest BCUT2D eigenvalue weighted by Crippen LogP contribution is -2.37. The Morgan fingerprint density at radius 2 is 2.00 bits per heavy atom. The summed E-state index contributed by atoms with van der Waals surface area (Å²) in [5.41, 5.74) is 0. The van der Waals surface area contributed by atoms with Crippen LogP contribution in [0.4, 0.5) is 5.95 Å². The predicted molar refractivity (Wildman–Crippen MR) is 70.8 cm³/mol. The summed E-state index contributed by atoms with van der Waals surface area (Å²) < 4.78 is 25.3. The van der Waals surface area contributed by atoms with Crippen molar-refractivity contribution in [3.63, 3.8) is 0 Å². The first-order chi connectivity index (χ1) is 9.07. The van der Waals surface area contributed by atoms with E-state index in [9.17, 15) is 8.42 Å². The Hall–Kier alpha value is -1.18. The van der Waals surface area contributed by atoms with Gasteiger partial charge in [0.1, 0.15) is 0 Å². The Morgan fingerprint density at radius 3 is 2.68 bits per heavy atom. The summed E-state index contributed by atoms with van der Waals surface area (Å²) in [4.78, 5) is 2.04. The summed E-state index contributed by atoms with van der Waals surface area (Å²) >= 11 is 0. The number of hydrogen-bond acceptors (Lipinski definition) is 6. The fraction of sp³-hybridized carbons (Fsp3) is 0.909. The normalized spacial score (nSPS) is 27.8. The second kappa shape index (κ2) is 4.73. The lowest BCUT2D eigenvalue weighted by Gasteiger charge is -2.31. The average Bonchev–Trinajstić information content (AvgIpc) is 2.68. The van der Waals surface area contributed by atoms with Crippen LogP contribution in [0.2, 0.25) is 0 Å². The molecule has 1 aliphatic carbocycles. The molecular weight excluding hydrogens is 266 g/mol. The van der Waals surface area contributed by atoms with E-state index in [-0.39, 0.29) is 17.5 Å². The van der Waals surface area contributed by atoms with Crippen LogP contribution in [0.3, 0.4) is 0 Å². The molecule has 1 aliphatic heterocycles. The fourth-order valence-electron chi connectivity index (χ4n) is 2.61. The van der Waals surface area contributed by atoms with Gasteiger partial charge in [-0.2, -0.15) is 0 Å². The maximum absolute atomic E-state index is 11.7. The molecule has 2 heterocycles. The van der Waals surface area contributed by atoms with E-state index in [4.69, 9.17) is 0 Å². The van der Waals surface area contributed by atoms with Gasteiger partial charge in [0.05, 0.1) is 17.5 Å². The fourth-order valence-corrected chi connectivity index (χ4v) is 3.99. The van der Waals surface area contributed by atoms with Gasteiger partial charge in [-0.25, -0.2) is 13.1 Å². The second-order valence-electron chi connectivity index (χ2n) is 5.49. The van der Waals surface area contributed by atoms with Gasteiger partial charge < -0.3 is 4.90 Å². The zero-order valence-corrected chi connectivity index (χ0v) is 11.9. The minimum Gasteiger partial charge on any atom is -0.336 e. The van der Waals surface area contributed by atoms with Gasteiger partial charge in [-0.05, 0) is 43.0 Å². The Morgan fingerprint density at radius 1 is 1.21 bits per heavy atom. The number of rotatable bonds is 2. The van der Waals surface area contributed by atoms with Gasteiger partial charge in [-0.1, -0.05) is 5.10 Å².